The van der Waals surface area contributed by atoms with E-state index in [2.05, 4.69) is 42.8 Å². The van der Waals surface area contributed by atoms with E-state index in [4.69, 9.17) is 0 Å². The normalized spacial score (nSPS) is 24.4. The summed E-state index contributed by atoms with van der Waals surface area (Å²) < 4.78 is 0. The third-order valence-electron chi connectivity index (χ3n) is 4.55. The molecule has 1 amide bonds. The Balaban J connectivity index is 2.27. The number of carbonyl (C=O) groups is 1. The lowest BCUT2D eigenvalue weighted by Crippen LogP contribution is -2.50. The number of hydrogen-bond donors (Lipinski definition) is 1. The van der Waals surface area contributed by atoms with Gasteiger partial charge in [-0.1, -0.05) is 27.7 Å². The van der Waals surface area contributed by atoms with Gasteiger partial charge in [0.25, 0.3) is 0 Å². The van der Waals surface area contributed by atoms with Crippen LogP contribution >= 0.6 is 0 Å². The van der Waals surface area contributed by atoms with Gasteiger partial charge in [-0.15, -0.1) is 0 Å². The maximum atomic E-state index is 12.5. The number of amides is 1. The minimum absolute atomic E-state index is 0.0563. The van der Waals surface area contributed by atoms with Crippen LogP contribution < -0.4 is 5.32 Å². The Bertz CT molecular complexity index is 294. The monoisotopic (exact) mass is 297 g/mol. The Kier molecular flexibility index (Phi) is 8.27. The molecule has 1 rings (SSSR count). The quantitative estimate of drug-likeness (QED) is 0.698. The Hall–Kier alpha value is -0.610. The number of nitrogens with zero attached hydrogens (tertiary/aromatic N) is 2. The van der Waals surface area contributed by atoms with Crippen molar-refractivity contribution in [2.75, 3.05) is 39.3 Å². The maximum absolute atomic E-state index is 12.5. The standard InChI is InChI=1S/C17H35N3O/c1-6-19(7-2)10-8-9-18-16(5)17(21)20-12-14(3)11-15(4)13-20/h14-16,18H,6-13H2,1-5H3/t14-,15-,16-/m0/s1. The smallest absolute Gasteiger partial charge is 0.239 e. The molecule has 1 aliphatic heterocycles. The van der Waals surface area contributed by atoms with Crippen LogP contribution in [0.15, 0.2) is 0 Å². The first kappa shape index (κ1) is 18.4. The van der Waals surface area contributed by atoms with Gasteiger partial charge in [0.15, 0.2) is 0 Å². The van der Waals surface area contributed by atoms with Crippen LogP contribution in [0.1, 0.15) is 47.5 Å². The van der Waals surface area contributed by atoms with E-state index in [0.717, 1.165) is 45.7 Å². The molecule has 1 heterocycles. The zero-order valence-corrected chi connectivity index (χ0v) is 14.7. The summed E-state index contributed by atoms with van der Waals surface area (Å²) in [5.74, 6) is 1.54. The highest BCUT2D eigenvalue weighted by Gasteiger charge is 2.27. The molecule has 0 aromatic rings. The van der Waals surface area contributed by atoms with E-state index in [-0.39, 0.29) is 11.9 Å². The van der Waals surface area contributed by atoms with E-state index in [1.165, 1.54) is 6.42 Å². The lowest BCUT2D eigenvalue weighted by atomic mass is 9.91. The van der Waals surface area contributed by atoms with Gasteiger partial charge >= 0.3 is 0 Å². The molecule has 21 heavy (non-hydrogen) atoms. The largest absolute Gasteiger partial charge is 0.341 e. The maximum Gasteiger partial charge on any atom is 0.239 e. The summed E-state index contributed by atoms with van der Waals surface area (Å²) in [6.07, 6.45) is 2.35. The summed E-state index contributed by atoms with van der Waals surface area (Å²) in [5, 5.41) is 3.40. The van der Waals surface area contributed by atoms with Crippen LogP contribution in [0.4, 0.5) is 0 Å². The average Bonchev–Trinajstić information content (AvgIpc) is 2.45. The van der Waals surface area contributed by atoms with Crippen molar-refractivity contribution >= 4 is 5.91 Å². The summed E-state index contributed by atoms with van der Waals surface area (Å²) in [6.45, 7) is 17.0. The van der Waals surface area contributed by atoms with Crippen molar-refractivity contribution in [3.05, 3.63) is 0 Å². The number of carbonyl (C=O) groups excluding carboxylic acids is 1. The second-order valence-corrected chi connectivity index (χ2v) is 6.75. The van der Waals surface area contributed by atoms with Crippen molar-refractivity contribution in [1.82, 2.24) is 15.1 Å². The molecule has 0 aliphatic carbocycles. The molecule has 0 spiro atoms. The number of nitrogens with one attached hydrogen (secondary N) is 1. The number of rotatable bonds is 8. The summed E-state index contributed by atoms with van der Waals surface area (Å²) in [7, 11) is 0. The van der Waals surface area contributed by atoms with Gasteiger partial charge in [-0.25, -0.2) is 0 Å². The van der Waals surface area contributed by atoms with Crippen LogP contribution in [-0.4, -0.2) is 61.0 Å². The molecule has 4 heteroatoms. The second-order valence-electron chi connectivity index (χ2n) is 6.75. The number of likely N-dealkylation sites (tertiary alicyclic amines) is 1. The first-order valence-electron chi connectivity index (χ1n) is 8.72. The van der Waals surface area contributed by atoms with E-state index in [1.54, 1.807) is 0 Å². The molecule has 124 valence electrons. The molecule has 0 radical (unpaired) electrons. The van der Waals surface area contributed by atoms with Crippen LogP contribution in [0, 0.1) is 11.8 Å². The predicted molar refractivity (Wildman–Crippen MR) is 89.4 cm³/mol. The summed E-state index contributed by atoms with van der Waals surface area (Å²) in [4.78, 5) is 17.0. The van der Waals surface area contributed by atoms with Gasteiger partial charge in [0.1, 0.15) is 0 Å². The molecule has 1 N–H and O–H groups in total. The van der Waals surface area contributed by atoms with E-state index in [9.17, 15) is 4.79 Å². The molecule has 0 unspecified atom stereocenters. The SMILES string of the molecule is CCN(CC)CCCN[C@@H](C)C(=O)N1C[C@@H](C)C[C@H](C)C1. The Morgan fingerprint density at radius 2 is 1.81 bits per heavy atom. The van der Waals surface area contributed by atoms with Crippen molar-refractivity contribution in [2.24, 2.45) is 11.8 Å². The minimum atomic E-state index is -0.0563. The summed E-state index contributed by atoms with van der Waals surface area (Å²) >= 11 is 0. The van der Waals surface area contributed by atoms with Crippen LogP contribution in [0.5, 0.6) is 0 Å². The van der Waals surface area contributed by atoms with Crippen molar-refractivity contribution in [2.45, 2.75) is 53.5 Å². The first-order valence-corrected chi connectivity index (χ1v) is 8.72. The molecule has 1 saturated heterocycles. The van der Waals surface area contributed by atoms with Crippen molar-refractivity contribution in [1.29, 1.82) is 0 Å². The minimum Gasteiger partial charge on any atom is -0.341 e. The third-order valence-corrected chi connectivity index (χ3v) is 4.55. The molecule has 0 aromatic carbocycles. The lowest BCUT2D eigenvalue weighted by Gasteiger charge is -2.36. The molecular formula is C17H35N3O. The van der Waals surface area contributed by atoms with Gasteiger partial charge in [-0.05, 0) is 57.8 Å². The zero-order valence-electron chi connectivity index (χ0n) is 14.7. The second kappa shape index (κ2) is 9.42. The molecule has 1 aliphatic rings. The molecule has 4 nitrogen and oxygen atoms in total. The van der Waals surface area contributed by atoms with E-state index in [0.29, 0.717) is 11.8 Å². The highest BCUT2D eigenvalue weighted by molar-refractivity contribution is 5.81. The van der Waals surface area contributed by atoms with Crippen molar-refractivity contribution < 1.29 is 4.79 Å². The molecular weight excluding hydrogens is 262 g/mol. The molecule has 0 bridgehead atoms. The summed E-state index contributed by atoms with van der Waals surface area (Å²) in [5.41, 5.74) is 0. The summed E-state index contributed by atoms with van der Waals surface area (Å²) in [6, 6.07) is -0.0563. The number of hydrogen-bond acceptors (Lipinski definition) is 3. The van der Waals surface area contributed by atoms with Crippen LogP contribution in [-0.2, 0) is 4.79 Å². The fourth-order valence-corrected chi connectivity index (χ4v) is 3.37. The highest BCUT2D eigenvalue weighted by atomic mass is 16.2. The van der Waals surface area contributed by atoms with Gasteiger partial charge in [-0.3, -0.25) is 4.79 Å². The lowest BCUT2D eigenvalue weighted by molar-refractivity contribution is -0.135. The molecule has 3 atom stereocenters. The van der Waals surface area contributed by atoms with Gasteiger partial charge in [-0.2, -0.15) is 0 Å². The number of piperidine rings is 1. The Labute approximate surface area is 131 Å². The van der Waals surface area contributed by atoms with E-state index >= 15 is 0 Å². The van der Waals surface area contributed by atoms with Crippen LogP contribution in [0.2, 0.25) is 0 Å². The van der Waals surface area contributed by atoms with Crippen molar-refractivity contribution in [3.8, 4) is 0 Å². The fourth-order valence-electron chi connectivity index (χ4n) is 3.37. The van der Waals surface area contributed by atoms with Gasteiger partial charge in [0, 0.05) is 13.1 Å². The third kappa shape index (κ3) is 6.35. The topological polar surface area (TPSA) is 35.6 Å². The highest BCUT2D eigenvalue weighted by Crippen LogP contribution is 2.21. The Morgan fingerprint density at radius 3 is 2.33 bits per heavy atom. The van der Waals surface area contributed by atoms with Gasteiger partial charge < -0.3 is 15.1 Å². The average molecular weight is 297 g/mol. The molecule has 1 fully saturated rings. The van der Waals surface area contributed by atoms with Crippen LogP contribution in [0.25, 0.3) is 0 Å². The zero-order chi connectivity index (χ0) is 15.8. The van der Waals surface area contributed by atoms with Crippen LogP contribution in [0.3, 0.4) is 0 Å². The van der Waals surface area contributed by atoms with Crippen molar-refractivity contribution in [3.63, 3.8) is 0 Å². The van der Waals surface area contributed by atoms with Gasteiger partial charge in [0.2, 0.25) is 5.91 Å². The van der Waals surface area contributed by atoms with E-state index in [1.807, 2.05) is 6.92 Å². The first-order chi connectivity index (χ1) is 9.97. The molecule has 0 saturated carbocycles. The van der Waals surface area contributed by atoms with E-state index < -0.39 is 0 Å². The van der Waals surface area contributed by atoms with Gasteiger partial charge in [0.05, 0.1) is 6.04 Å². The predicted octanol–water partition coefficient (Wildman–Crippen LogP) is 2.20. The molecule has 0 aromatic heterocycles. The Morgan fingerprint density at radius 1 is 1.24 bits per heavy atom. The fraction of sp³-hybridized carbons (Fsp3) is 0.941.